The van der Waals surface area contributed by atoms with E-state index in [1.165, 1.54) is 17.8 Å². The van der Waals surface area contributed by atoms with Gasteiger partial charge in [-0.15, -0.1) is 0 Å². The molecule has 6 heteroatoms. The lowest BCUT2D eigenvalue weighted by Crippen LogP contribution is -2.21. The van der Waals surface area contributed by atoms with Crippen molar-refractivity contribution in [3.05, 3.63) is 58.9 Å². The van der Waals surface area contributed by atoms with Crippen molar-refractivity contribution in [3.63, 3.8) is 0 Å². The number of esters is 1. The number of halogens is 1. The molecule has 0 saturated heterocycles. The van der Waals surface area contributed by atoms with Crippen LogP contribution in [-0.2, 0) is 9.53 Å². The van der Waals surface area contributed by atoms with E-state index in [-0.39, 0.29) is 12.3 Å². The minimum Gasteiger partial charge on any atom is -0.451 e. The van der Waals surface area contributed by atoms with Gasteiger partial charge in [-0.3, -0.25) is 4.79 Å². The van der Waals surface area contributed by atoms with Gasteiger partial charge in [-0.05, 0) is 35.7 Å². The smallest absolute Gasteiger partial charge is 0.357 e. The number of nitrogens with one attached hydrogen (secondary N) is 1. The van der Waals surface area contributed by atoms with Gasteiger partial charge >= 0.3 is 5.97 Å². The standard InChI is InChI=1S/C17H17ClN2O3/c1-11(2)12-3-5-14(6-4-12)20-16(21)10-23-17(22)15-9-13(18)7-8-19-15/h3-9,11H,10H2,1-2H3,(H,20,21). The van der Waals surface area contributed by atoms with Crippen molar-refractivity contribution in [2.24, 2.45) is 0 Å². The summed E-state index contributed by atoms with van der Waals surface area (Å²) in [5.41, 5.74) is 1.89. The first-order valence-corrected chi connectivity index (χ1v) is 7.52. The molecule has 1 N–H and O–H groups in total. The summed E-state index contributed by atoms with van der Waals surface area (Å²) in [7, 11) is 0. The predicted molar refractivity (Wildman–Crippen MR) is 88.7 cm³/mol. The molecule has 1 aromatic carbocycles. The highest BCUT2D eigenvalue weighted by molar-refractivity contribution is 6.30. The molecule has 0 aliphatic carbocycles. The summed E-state index contributed by atoms with van der Waals surface area (Å²) < 4.78 is 4.91. The van der Waals surface area contributed by atoms with Crippen molar-refractivity contribution in [3.8, 4) is 0 Å². The van der Waals surface area contributed by atoms with Crippen LogP contribution in [0.15, 0.2) is 42.6 Å². The molecule has 1 aromatic heterocycles. The fourth-order valence-electron chi connectivity index (χ4n) is 1.87. The zero-order valence-corrected chi connectivity index (χ0v) is 13.6. The first-order valence-electron chi connectivity index (χ1n) is 7.14. The summed E-state index contributed by atoms with van der Waals surface area (Å²) in [6.45, 7) is 3.80. The van der Waals surface area contributed by atoms with Crippen LogP contribution in [0.5, 0.6) is 0 Å². The predicted octanol–water partition coefficient (Wildman–Crippen LogP) is 3.65. The highest BCUT2D eigenvalue weighted by Gasteiger charge is 2.12. The van der Waals surface area contributed by atoms with E-state index in [1.807, 2.05) is 24.3 Å². The average molecular weight is 333 g/mol. The van der Waals surface area contributed by atoms with E-state index in [2.05, 4.69) is 24.1 Å². The van der Waals surface area contributed by atoms with E-state index in [1.54, 1.807) is 6.07 Å². The van der Waals surface area contributed by atoms with Crippen LogP contribution in [0.1, 0.15) is 35.8 Å². The Balaban J connectivity index is 1.86. The van der Waals surface area contributed by atoms with Gasteiger partial charge in [0.05, 0.1) is 0 Å². The van der Waals surface area contributed by atoms with Gasteiger partial charge in [0.25, 0.3) is 5.91 Å². The number of aromatic nitrogens is 1. The number of pyridine rings is 1. The third-order valence-corrected chi connectivity index (χ3v) is 3.36. The molecular formula is C17H17ClN2O3. The Morgan fingerprint density at radius 2 is 1.91 bits per heavy atom. The molecule has 0 aliphatic heterocycles. The van der Waals surface area contributed by atoms with E-state index < -0.39 is 11.9 Å². The van der Waals surface area contributed by atoms with Gasteiger partial charge in [0.2, 0.25) is 0 Å². The Kier molecular flexibility index (Phi) is 5.71. The highest BCUT2D eigenvalue weighted by atomic mass is 35.5. The summed E-state index contributed by atoms with van der Waals surface area (Å²) in [5, 5.41) is 3.04. The Hall–Kier alpha value is -2.40. The Labute approximate surface area is 139 Å². The van der Waals surface area contributed by atoms with Crippen LogP contribution in [0.2, 0.25) is 5.02 Å². The zero-order valence-electron chi connectivity index (χ0n) is 12.9. The van der Waals surface area contributed by atoms with Crippen LogP contribution in [-0.4, -0.2) is 23.5 Å². The molecule has 0 radical (unpaired) electrons. The molecule has 23 heavy (non-hydrogen) atoms. The van der Waals surface area contributed by atoms with Crippen LogP contribution < -0.4 is 5.32 Å². The van der Waals surface area contributed by atoms with Crippen LogP contribution in [0, 0.1) is 0 Å². The molecule has 0 saturated carbocycles. The lowest BCUT2D eigenvalue weighted by atomic mass is 10.0. The van der Waals surface area contributed by atoms with Crippen molar-refractivity contribution in [1.82, 2.24) is 4.98 Å². The van der Waals surface area contributed by atoms with Crippen LogP contribution >= 0.6 is 11.6 Å². The number of nitrogens with zero attached hydrogens (tertiary/aromatic N) is 1. The number of carbonyl (C=O) groups is 2. The molecule has 0 fully saturated rings. The second-order valence-electron chi connectivity index (χ2n) is 5.26. The average Bonchev–Trinajstić information content (AvgIpc) is 2.53. The first-order chi connectivity index (χ1) is 11.0. The largest absolute Gasteiger partial charge is 0.451 e. The van der Waals surface area contributed by atoms with E-state index in [9.17, 15) is 9.59 Å². The summed E-state index contributed by atoms with van der Waals surface area (Å²) in [6, 6.07) is 10.4. The van der Waals surface area contributed by atoms with E-state index in [0.717, 1.165) is 0 Å². The fraction of sp³-hybridized carbons (Fsp3) is 0.235. The lowest BCUT2D eigenvalue weighted by molar-refractivity contribution is -0.119. The molecule has 120 valence electrons. The molecular weight excluding hydrogens is 316 g/mol. The minimum absolute atomic E-state index is 0.0617. The molecule has 0 atom stereocenters. The van der Waals surface area contributed by atoms with Gasteiger partial charge in [-0.1, -0.05) is 37.6 Å². The number of ether oxygens (including phenoxy) is 1. The number of benzene rings is 1. The van der Waals surface area contributed by atoms with Gasteiger partial charge < -0.3 is 10.1 Å². The second-order valence-corrected chi connectivity index (χ2v) is 5.70. The fourth-order valence-corrected chi connectivity index (χ4v) is 2.03. The van der Waals surface area contributed by atoms with Crippen LogP contribution in [0.4, 0.5) is 5.69 Å². The lowest BCUT2D eigenvalue weighted by Gasteiger charge is -2.09. The SMILES string of the molecule is CC(C)c1ccc(NC(=O)COC(=O)c2cc(Cl)ccn2)cc1. The van der Waals surface area contributed by atoms with Crippen LogP contribution in [0.3, 0.4) is 0 Å². The molecule has 2 aromatic rings. The first kappa shape index (κ1) is 17.0. The quantitative estimate of drug-likeness (QED) is 0.848. The van der Waals surface area contributed by atoms with Crippen molar-refractivity contribution in [2.45, 2.75) is 19.8 Å². The topological polar surface area (TPSA) is 68.3 Å². The maximum absolute atomic E-state index is 11.8. The maximum Gasteiger partial charge on any atom is 0.357 e. The molecule has 1 heterocycles. The number of hydrogen-bond donors (Lipinski definition) is 1. The van der Waals surface area contributed by atoms with Gasteiger partial charge in [-0.25, -0.2) is 9.78 Å². The van der Waals surface area contributed by atoms with E-state index >= 15 is 0 Å². The normalized spacial score (nSPS) is 10.4. The monoisotopic (exact) mass is 332 g/mol. The molecule has 0 unspecified atom stereocenters. The number of amides is 1. The summed E-state index contributed by atoms with van der Waals surface area (Å²) in [4.78, 5) is 27.4. The molecule has 5 nitrogen and oxygen atoms in total. The van der Waals surface area contributed by atoms with Crippen molar-refractivity contribution < 1.29 is 14.3 Å². The third kappa shape index (κ3) is 5.07. The second kappa shape index (κ2) is 7.74. The third-order valence-electron chi connectivity index (χ3n) is 3.13. The van der Waals surface area contributed by atoms with Crippen molar-refractivity contribution in [2.75, 3.05) is 11.9 Å². The van der Waals surface area contributed by atoms with E-state index in [0.29, 0.717) is 16.6 Å². The summed E-state index contributed by atoms with van der Waals surface area (Å²) in [5.74, 6) is -0.693. The van der Waals surface area contributed by atoms with Crippen LogP contribution in [0.25, 0.3) is 0 Å². The molecule has 2 rings (SSSR count). The number of hydrogen-bond acceptors (Lipinski definition) is 4. The maximum atomic E-state index is 11.8. The number of rotatable bonds is 5. The van der Waals surface area contributed by atoms with E-state index in [4.69, 9.17) is 16.3 Å². The van der Waals surface area contributed by atoms with Gasteiger partial charge in [0, 0.05) is 16.9 Å². The Morgan fingerprint density at radius 1 is 1.22 bits per heavy atom. The Bertz CT molecular complexity index is 699. The number of carbonyl (C=O) groups excluding carboxylic acids is 2. The molecule has 0 bridgehead atoms. The molecule has 1 amide bonds. The summed E-state index contributed by atoms with van der Waals surface area (Å²) in [6.07, 6.45) is 1.40. The van der Waals surface area contributed by atoms with Crippen molar-refractivity contribution >= 4 is 29.2 Å². The minimum atomic E-state index is -0.696. The van der Waals surface area contributed by atoms with Gasteiger partial charge in [0.15, 0.2) is 6.61 Å². The summed E-state index contributed by atoms with van der Waals surface area (Å²) >= 11 is 5.77. The Morgan fingerprint density at radius 3 is 2.52 bits per heavy atom. The van der Waals surface area contributed by atoms with Crippen molar-refractivity contribution in [1.29, 1.82) is 0 Å². The number of anilines is 1. The molecule has 0 aliphatic rings. The van der Waals surface area contributed by atoms with Gasteiger partial charge in [0.1, 0.15) is 5.69 Å². The molecule has 0 spiro atoms. The zero-order chi connectivity index (χ0) is 16.8. The highest BCUT2D eigenvalue weighted by Crippen LogP contribution is 2.17. The van der Waals surface area contributed by atoms with Gasteiger partial charge in [-0.2, -0.15) is 0 Å².